The molecule has 1 heterocycles. The van der Waals surface area contributed by atoms with E-state index in [-0.39, 0.29) is 11.9 Å². The summed E-state index contributed by atoms with van der Waals surface area (Å²) in [5.74, 6) is -1.04. The van der Waals surface area contributed by atoms with Crippen LogP contribution in [0.2, 0.25) is 0 Å². The molecule has 1 saturated heterocycles. The van der Waals surface area contributed by atoms with Crippen LogP contribution in [0.5, 0.6) is 0 Å². The van der Waals surface area contributed by atoms with Gasteiger partial charge in [0.25, 0.3) is 5.91 Å². The highest BCUT2D eigenvalue weighted by molar-refractivity contribution is 5.95. The molecule has 2 rings (SSSR count). The lowest BCUT2D eigenvalue weighted by Crippen LogP contribution is -2.61. The number of amides is 1. The Bertz CT molecular complexity index is 447. The van der Waals surface area contributed by atoms with Crippen LogP contribution in [0.4, 0.5) is 0 Å². The Kier molecular flexibility index (Phi) is 3.62. The zero-order chi connectivity index (χ0) is 13.1. The van der Waals surface area contributed by atoms with E-state index in [1.165, 1.54) is 0 Å². The molecule has 2 atom stereocenters. The summed E-state index contributed by atoms with van der Waals surface area (Å²) in [6.45, 7) is 2.78. The van der Waals surface area contributed by atoms with Gasteiger partial charge >= 0.3 is 5.97 Å². The highest BCUT2D eigenvalue weighted by Gasteiger charge is 2.35. The molecule has 0 saturated carbocycles. The number of benzene rings is 1. The minimum Gasteiger partial charge on any atom is -0.480 e. The molecule has 1 aliphatic rings. The summed E-state index contributed by atoms with van der Waals surface area (Å²) in [5.41, 5.74) is 0.593. The van der Waals surface area contributed by atoms with Gasteiger partial charge in [-0.05, 0) is 19.1 Å². The molecule has 5 nitrogen and oxygen atoms in total. The van der Waals surface area contributed by atoms with Crippen LogP contribution in [0.1, 0.15) is 17.3 Å². The number of piperazine rings is 1. The van der Waals surface area contributed by atoms with E-state index in [2.05, 4.69) is 5.32 Å². The highest BCUT2D eigenvalue weighted by atomic mass is 16.4. The quantitative estimate of drug-likeness (QED) is 0.803. The monoisotopic (exact) mass is 248 g/mol. The normalized spacial score (nSPS) is 23.7. The number of hydrogen-bond donors (Lipinski definition) is 2. The van der Waals surface area contributed by atoms with E-state index in [1.807, 2.05) is 6.07 Å². The first-order valence-corrected chi connectivity index (χ1v) is 5.93. The molecule has 0 bridgehead atoms. The van der Waals surface area contributed by atoms with Crippen molar-refractivity contribution in [2.24, 2.45) is 0 Å². The Balaban J connectivity index is 2.18. The maximum Gasteiger partial charge on any atom is 0.322 e. The fourth-order valence-corrected chi connectivity index (χ4v) is 2.22. The van der Waals surface area contributed by atoms with Gasteiger partial charge in [-0.15, -0.1) is 0 Å². The van der Waals surface area contributed by atoms with Crippen molar-refractivity contribution in [1.29, 1.82) is 0 Å². The van der Waals surface area contributed by atoms with E-state index in [0.717, 1.165) is 0 Å². The smallest absolute Gasteiger partial charge is 0.322 e. The van der Waals surface area contributed by atoms with E-state index in [0.29, 0.717) is 18.7 Å². The molecule has 1 amide bonds. The van der Waals surface area contributed by atoms with Crippen molar-refractivity contribution in [3.8, 4) is 0 Å². The summed E-state index contributed by atoms with van der Waals surface area (Å²) in [6.07, 6.45) is 0. The summed E-state index contributed by atoms with van der Waals surface area (Å²) >= 11 is 0. The first-order valence-electron chi connectivity index (χ1n) is 5.93. The van der Waals surface area contributed by atoms with Gasteiger partial charge < -0.3 is 15.3 Å². The SMILES string of the molecule is CC1C(C(=O)O)NCCN1C(=O)c1ccccc1. The van der Waals surface area contributed by atoms with E-state index in [9.17, 15) is 9.59 Å². The van der Waals surface area contributed by atoms with E-state index in [4.69, 9.17) is 5.11 Å². The number of carbonyl (C=O) groups excluding carboxylic acids is 1. The summed E-state index contributed by atoms with van der Waals surface area (Å²) in [4.78, 5) is 25.0. The predicted octanol–water partition coefficient (Wildman–Crippen LogP) is 0.574. The third kappa shape index (κ3) is 2.36. The second-order valence-corrected chi connectivity index (χ2v) is 4.38. The van der Waals surface area contributed by atoms with Gasteiger partial charge in [0.1, 0.15) is 6.04 Å². The summed E-state index contributed by atoms with van der Waals surface area (Å²) in [7, 11) is 0. The Hall–Kier alpha value is -1.88. The zero-order valence-electron chi connectivity index (χ0n) is 10.2. The number of aliphatic carboxylic acids is 1. The summed E-state index contributed by atoms with van der Waals surface area (Å²) in [5, 5.41) is 12.0. The molecule has 1 fully saturated rings. The van der Waals surface area contributed by atoms with Crippen LogP contribution in [-0.2, 0) is 4.79 Å². The molecule has 18 heavy (non-hydrogen) atoms. The summed E-state index contributed by atoms with van der Waals surface area (Å²) in [6, 6.07) is 7.87. The molecule has 0 radical (unpaired) electrons. The molecule has 1 aromatic carbocycles. The predicted molar refractivity (Wildman–Crippen MR) is 66.4 cm³/mol. The number of nitrogens with zero attached hydrogens (tertiary/aromatic N) is 1. The first kappa shape index (κ1) is 12.6. The fraction of sp³-hybridized carbons (Fsp3) is 0.385. The lowest BCUT2D eigenvalue weighted by Gasteiger charge is -2.38. The largest absolute Gasteiger partial charge is 0.480 e. The van der Waals surface area contributed by atoms with Gasteiger partial charge in [0.15, 0.2) is 0 Å². The van der Waals surface area contributed by atoms with Crippen molar-refractivity contribution in [3.05, 3.63) is 35.9 Å². The van der Waals surface area contributed by atoms with Gasteiger partial charge in [-0.1, -0.05) is 18.2 Å². The van der Waals surface area contributed by atoms with Gasteiger partial charge in [0.05, 0.1) is 6.04 Å². The third-order valence-corrected chi connectivity index (χ3v) is 3.24. The van der Waals surface area contributed by atoms with Crippen molar-refractivity contribution in [2.45, 2.75) is 19.0 Å². The standard InChI is InChI=1S/C13H16N2O3/c1-9-11(13(17)18)14-7-8-15(9)12(16)10-5-3-2-4-6-10/h2-6,9,11,14H,7-8H2,1H3,(H,17,18). The van der Waals surface area contributed by atoms with E-state index < -0.39 is 12.0 Å². The van der Waals surface area contributed by atoms with Crippen LogP contribution in [0.15, 0.2) is 30.3 Å². The Labute approximate surface area is 105 Å². The molecule has 0 aliphatic carbocycles. The van der Waals surface area contributed by atoms with Crippen molar-refractivity contribution in [2.75, 3.05) is 13.1 Å². The number of nitrogens with one attached hydrogen (secondary N) is 1. The van der Waals surface area contributed by atoms with Crippen LogP contribution in [0, 0.1) is 0 Å². The lowest BCUT2D eigenvalue weighted by atomic mass is 10.0. The maximum absolute atomic E-state index is 12.3. The zero-order valence-corrected chi connectivity index (χ0v) is 10.2. The molecule has 2 N–H and O–H groups in total. The minimum atomic E-state index is -0.923. The topological polar surface area (TPSA) is 69.6 Å². The van der Waals surface area contributed by atoms with Crippen molar-refractivity contribution >= 4 is 11.9 Å². The second kappa shape index (κ2) is 5.18. The fourth-order valence-electron chi connectivity index (χ4n) is 2.22. The molecule has 0 spiro atoms. The maximum atomic E-state index is 12.3. The van der Waals surface area contributed by atoms with E-state index >= 15 is 0 Å². The highest BCUT2D eigenvalue weighted by Crippen LogP contribution is 2.14. The van der Waals surface area contributed by atoms with Gasteiger partial charge in [-0.25, -0.2) is 0 Å². The molecule has 1 aliphatic heterocycles. The van der Waals surface area contributed by atoms with Crippen LogP contribution >= 0.6 is 0 Å². The Morgan fingerprint density at radius 1 is 1.33 bits per heavy atom. The van der Waals surface area contributed by atoms with Gasteiger partial charge in [0, 0.05) is 18.7 Å². The number of rotatable bonds is 2. The van der Waals surface area contributed by atoms with Gasteiger partial charge in [0.2, 0.25) is 0 Å². The number of carboxylic acid groups (broad SMARTS) is 1. The van der Waals surface area contributed by atoms with Gasteiger partial charge in [-0.2, -0.15) is 0 Å². The average Bonchev–Trinajstić information content (AvgIpc) is 2.39. The number of carboxylic acids is 1. The Morgan fingerprint density at radius 2 is 2.00 bits per heavy atom. The molecule has 2 unspecified atom stereocenters. The van der Waals surface area contributed by atoms with Crippen molar-refractivity contribution < 1.29 is 14.7 Å². The van der Waals surface area contributed by atoms with Crippen LogP contribution in [0.25, 0.3) is 0 Å². The second-order valence-electron chi connectivity index (χ2n) is 4.38. The number of hydrogen-bond acceptors (Lipinski definition) is 3. The molecule has 0 aromatic heterocycles. The van der Waals surface area contributed by atoms with Crippen LogP contribution in [0.3, 0.4) is 0 Å². The first-order chi connectivity index (χ1) is 8.61. The van der Waals surface area contributed by atoms with Gasteiger partial charge in [-0.3, -0.25) is 9.59 Å². The van der Waals surface area contributed by atoms with Crippen LogP contribution in [-0.4, -0.2) is 47.1 Å². The number of carbonyl (C=O) groups is 2. The summed E-state index contributed by atoms with van der Waals surface area (Å²) < 4.78 is 0. The molecule has 1 aromatic rings. The molecule has 5 heteroatoms. The average molecular weight is 248 g/mol. The molecular weight excluding hydrogens is 232 g/mol. The lowest BCUT2D eigenvalue weighted by molar-refractivity contribution is -0.141. The van der Waals surface area contributed by atoms with Crippen molar-refractivity contribution in [1.82, 2.24) is 10.2 Å². The van der Waals surface area contributed by atoms with Crippen molar-refractivity contribution in [3.63, 3.8) is 0 Å². The minimum absolute atomic E-state index is 0.115. The van der Waals surface area contributed by atoms with E-state index in [1.54, 1.807) is 36.1 Å². The van der Waals surface area contributed by atoms with Crippen LogP contribution < -0.4 is 5.32 Å². The Morgan fingerprint density at radius 3 is 2.61 bits per heavy atom. The molecular formula is C13H16N2O3. The molecule has 96 valence electrons. The third-order valence-electron chi connectivity index (χ3n) is 3.24.